The van der Waals surface area contributed by atoms with E-state index in [1.54, 1.807) is 7.05 Å². The van der Waals surface area contributed by atoms with E-state index in [9.17, 15) is 18.8 Å². The average molecular weight is 417 g/mol. The van der Waals surface area contributed by atoms with E-state index < -0.39 is 29.5 Å². The van der Waals surface area contributed by atoms with Gasteiger partial charge in [-0.05, 0) is 24.1 Å². The molecule has 1 aromatic carbocycles. The maximum Gasteiger partial charge on any atom is 0.332 e. The van der Waals surface area contributed by atoms with Crippen LogP contribution in [-0.2, 0) is 43.2 Å². The van der Waals surface area contributed by atoms with E-state index in [0.717, 1.165) is 4.57 Å². The molecule has 0 bridgehead atoms. The highest BCUT2D eigenvalue weighted by molar-refractivity contribution is 5.76. The molecule has 0 radical (unpaired) electrons. The molecule has 0 unspecified atom stereocenters. The van der Waals surface area contributed by atoms with Crippen molar-refractivity contribution in [3.63, 3.8) is 0 Å². The molecule has 11 heteroatoms. The van der Waals surface area contributed by atoms with Gasteiger partial charge in [0.2, 0.25) is 5.91 Å². The Morgan fingerprint density at radius 3 is 2.90 bits per heavy atom. The van der Waals surface area contributed by atoms with E-state index in [1.807, 2.05) is 0 Å². The molecule has 4 rings (SSSR count). The van der Waals surface area contributed by atoms with Crippen LogP contribution in [0.4, 0.5) is 4.39 Å². The summed E-state index contributed by atoms with van der Waals surface area (Å²) in [6.07, 6.45) is 1.75. The number of nitrogens with one attached hydrogen (secondary N) is 1. The summed E-state index contributed by atoms with van der Waals surface area (Å²) >= 11 is 0. The van der Waals surface area contributed by atoms with Gasteiger partial charge in [-0.3, -0.25) is 14.2 Å². The maximum absolute atomic E-state index is 13.8. The number of imidazole rings is 1. The van der Waals surface area contributed by atoms with Crippen LogP contribution in [0.1, 0.15) is 11.1 Å². The summed E-state index contributed by atoms with van der Waals surface area (Å²) in [4.78, 5) is 41.5. The first-order chi connectivity index (χ1) is 14.4. The maximum atomic E-state index is 13.8. The highest BCUT2D eigenvalue weighted by atomic mass is 19.1. The topological polar surface area (TPSA) is 109 Å². The number of aromatic nitrogens is 4. The molecule has 0 aliphatic carbocycles. The molecule has 0 spiro atoms. The van der Waals surface area contributed by atoms with E-state index in [0.29, 0.717) is 23.3 Å². The third-order valence-corrected chi connectivity index (χ3v) is 4.97. The minimum atomic E-state index is -0.631. The Morgan fingerprint density at radius 2 is 2.10 bits per heavy atom. The second kappa shape index (κ2) is 7.75. The summed E-state index contributed by atoms with van der Waals surface area (Å²) in [6.45, 7) is 0.0933. The number of halogens is 1. The van der Waals surface area contributed by atoms with Crippen LogP contribution in [0.2, 0.25) is 0 Å². The fourth-order valence-corrected chi connectivity index (χ4v) is 3.51. The summed E-state index contributed by atoms with van der Waals surface area (Å²) in [6, 6.07) is 2.71. The van der Waals surface area contributed by atoms with Crippen LogP contribution in [0.3, 0.4) is 0 Å². The number of carbonyl (C=O) groups is 1. The summed E-state index contributed by atoms with van der Waals surface area (Å²) < 4.78 is 28.0. The van der Waals surface area contributed by atoms with E-state index in [-0.39, 0.29) is 31.1 Å². The normalized spacial score (nSPS) is 13.2. The van der Waals surface area contributed by atoms with Crippen LogP contribution in [0.15, 0.2) is 28.0 Å². The van der Waals surface area contributed by atoms with E-state index in [2.05, 4.69) is 10.3 Å². The van der Waals surface area contributed by atoms with Gasteiger partial charge in [-0.25, -0.2) is 18.7 Å². The van der Waals surface area contributed by atoms with Crippen molar-refractivity contribution in [3.8, 4) is 5.75 Å². The van der Waals surface area contributed by atoms with Crippen molar-refractivity contribution in [3.05, 3.63) is 56.2 Å². The van der Waals surface area contributed by atoms with Crippen molar-refractivity contribution in [2.24, 2.45) is 14.1 Å². The van der Waals surface area contributed by atoms with Crippen molar-refractivity contribution in [2.75, 3.05) is 13.3 Å². The fourth-order valence-electron chi connectivity index (χ4n) is 3.51. The molecule has 158 valence electrons. The van der Waals surface area contributed by atoms with Crippen molar-refractivity contribution in [1.82, 2.24) is 24.0 Å². The number of amides is 1. The first-order valence-electron chi connectivity index (χ1n) is 9.26. The summed E-state index contributed by atoms with van der Waals surface area (Å²) in [5, 5.41) is 2.66. The van der Waals surface area contributed by atoms with Gasteiger partial charge in [0.15, 0.2) is 18.0 Å². The lowest BCUT2D eigenvalue weighted by atomic mass is 10.1. The second-order valence-electron chi connectivity index (χ2n) is 7.02. The predicted molar refractivity (Wildman–Crippen MR) is 104 cm³/mol. The highest BCUT2D eigenvalue weighted by Crippen LogP contribution is 2.29. The minimum Gasteiger partial charge on any atom is -0.467 e. The molecule has 0 fully saturated rings. The number of hydrogen-bond acceptors (Lipinski definition) is 6. The predicted octanol–water partition coefficient (Wildman–Crippen LogP) is -0.202. The lowest BCUT2D eigenvalue weighted by Gasteiger charge is -2.21. The summed E-state index contributed by atoms with van der Waals surface area (Å²) in [7, 11) is 3.13. The van der Waals surface area contributed by atoms with Crippen LogP contribution >= 0.6 is 0 Å². The number of benzene rings is 1. The zero-order chi connectivity index (χ0) is 21.4. The number of hydrogen-bond donors (Lipinski definition) is 1. The number of nitrogens with zero attached hydrogens (tertiary/aromatic N) is 4. The van der Waals surface area contributed by atoms with Crippen LogP contribution in [-0.4, -0.2) is 37.9 Å². The molecule has 1 N–H and O–H groups in total. The molecule has 10 nitrogen and oxygen atoms in total. The molecular formula is C19H20FN5O5. The molecule has 0 saturated carbocycles. The zero-order valence-corrected chi connectivity index (χ0v) is 16.5. The molecular weight excluding hydrogens is 397 g/mol. The van der Waals surface area contributed by atoms with Gasteiger partial charge in [0.05, 0.1) is 12.9 Å². The lowest BCUT2D eigenvalue weighted by molar-refractivity contribution is -0.121. The van der Waals surface area contributed by atoms with Gasteiger partial charge in [-0.2, -0.15) is 0 Å². The second-order valence-corrected chi connectivity index (χ2v) is 7.02. The largest absolute Gasteiger partial charge is 0.467 e. The number of aryl methyl sites for hydroxylation is 2. The molecule has 3 heterocycles. The van der Waals surface area contributed by atoms with E-state index in [1.165, 1.54) is 34.6 Å². The van der Waals surface area contributed by atoms with Crippen molar-refractivity contribution >= 4 is 17.1 Å². The minimum absolute atomic E-state index is 0.0840. The Morgan fingerprint density at radius 1 is 1.30 bits per heavy atom. The van der Waals surface area contributed by atoms with Gasteiger partial charge < -0.3 is 19.4 Å². The van der Waals surface area contributed by atoms with Gasteiger partial charge in [0, 0.05) is 26.2 Å². The number of fused-ring (bicyclic) bond motifs is 2. The Hall–Kier alpha value is -3.47. The van der Waals surface area contributed by atoms with Crippen LogP contribution in [0.25, 0.3) is 11.2 Å². The Balaban J connectivity index is 1.48. The molecule has 0 saturated heterocycles. The summed E-state index contributed by atoms with van der Waals surface area (Å²) in [5.74, 6) is -0.363. The van der Waals surface area contributed by atoms with Crippen molar-refractivity contribution in [1.29, 1.82) is 0 Å². The van der Waals surface area contributed by atoms with Gasteiger partial charge >= 0.3 is 5.69 Å². The first kappa shape index (κ1) is 19.8. The molecule has 3 aromatic rings. The molecule has 0 atom stereocenters. The third kappa shape index (κ3) is 3.47. The van der Waals surface area contributed by atoms with Gasteiger partial charge in [-0.15, -0.1) is 0 Å². The monoisotopic (exact) mass is 417 g/mol. The smallest absolute Gasteiger partial charge is 0.332 e. The Bertz CT molecular complexity index is 1260. The molecule has 30 heavy (non-hydrogen) atoms. The van der Waals surface area contributed by atoms with Crippen LogP contribution < -0.4 is 21.3 Å². The third-order valence-electron chi connectivity index (χ3n) is 4.97. The zero-order valence-electron chi connectivity index (χ0n) is 16.5. The van der Waals surface area contributed by atoms with E-state index in [4.69, 9.17) is 9.47 Å². The number of ether oxygens (including phenoxy) is 2. The van der Waals surface area contributed by atoms with Crippen LogP contribution in [0, 0.1) is 5.82 Å². The van der Waals surface area contributed by atoms with Crippen molar-refractivity contribution < 1.29 is 18.7 Å². The van der Waals surface area contributed by atoms with Gasteiger partial charge in [0.25, 0.3) is 5.56 Å². The summed E-state index contributed by atoms with van der Waals surface area (Å²) in [5.41, 5.74) is 0.490. The SMILES string of the molecule is Cn1cnc2c1c(=O)n(CC(=O)NCCc1cc(F)cc3c1OCOC3)c(=O)n2C. The fraction of sp³-hybridized carbons (Fsp3) is 0.368. The van der Waals surface area contributed by atoms with Crippen molar-refractivity contribution in [2.45, 2.75) is 19.6 Å². The highest BCUT2D eigenvalue weighted by Gasteiger charge is 2.19. The molecule has 1 aliphatic heterocycles. The Kier molecular flexibility index (Phi) is 5.12. The van der Waals surface area contributed by atoms with Crippen LogP contribution in [0.5, 0.6) is 5.75 Å². The number of rotatable bonds is 5. The van der Waals surface area contributed by atoms with Gasteiger partial charge in [0.1, 0.15) is 18.1 Å². The van der Waals surface area contributed by atoms with E-state index >= 15 is 0 Å². The molecule has 1 aliphatic rings. The Labute approximate surface area is 169 Å². The standard InChI is InChI=1S/C19H20FN5O5/c1-23-9-22-17-15(23)18(27)25(19(28)24(17)2)7-14(26)21-4-3-11-5-13(20)6-12-8-29-10-30-16(11)12/h5-6,9H,3-4,7-8,10H2,1-2H3,(H,21,26). The quantitative estimate of drug-likeness (QED) is 0.616. The van der Waals surface area contributed by atoms with Gasteiger partial charge in [-0.1, -0.05) is 0 Å². The first-order valence-corrected chi connectivity index (χ1v) is 9.26. The lowest BCUT2D eigenvalue weighted by Crippen LogP contribution is -2.43. The molecule has 2 aromatic heterocycles. The molecule has 1 amide bonds. The number of carbonyl (C=O) groups excluding carboxylic acids is 1. The average Bonchev–Trinajstić information content (AvgIpc) is 3.11.